The first-order chi connectivity index (χ1) is 13.6. The number of benzene rings is 1. The molecule has 0 bridgehead atoms. The number of aryl methyl sites for hydroxylation is 1. The minimum absolute atomic E-state index is 0. The molecule has 0 spiro atoms. The number of halogens is 1. The molecule has 0 amide bonds. The summed E-state index contributed by atoms with van der Waals surface area (Å²) in [6.45, 7) is 4.24. The zero-order chi connectivity index (χ0) is 20.6. The number of carbonyl (C=O) groups excluding carboxylic acids is 1. The number of methoxy groups -OCH3 is 2. The smallest absolute Gasteiger partial charge is 0.305 e. The third kappa shape index (κ3) is 11.8. The van der Waals surface area contributed by atoms with Crippen molar-refractivity contribution < 1.29 is 19.0 Å². The topological polar surface area (TPSA) is 81.2 Å². The molecule has 0 aliphatic carbocycles. The van der Waals surface area contributed by atoms with E-state index in [1.54, 1.807) is 14.2 Å². The number of aliphatic imine (C=N–C) groups is 1. The van der Waals surface area contributed by atoms with Crippen LogP contribution in [0.15, 0.2) is 23.2 Å². The summed E-state index contributed by atoms with van der Waals surface area (Å²) in [6, 6.07) is 6.07. The van der Waals surface area contributed by atoms with Crippen molar-refractivity contribution in [3.05, 3.63) is 23.8 Å². The molecule has 8 heteroatoms. The predicted molar refractivity (Wildman–Crippen MR) is 128 cm³/mol. The minimum atomic E-state index is -0.143. The van der Waals surface area contributed by atoms with E-state index < -0.39 is 0 Å². The summed E-state index contributed by atoms with van der Waals surface area (Å²) in [5, 5.41) is 6.63. The summed E-state index contributed by atoms with van der Waals surface area (Å²) in [4.78, 5) is 15.3. The molecule has 29 heavy (non-hydrogen) atoms. The molecule has 0 heterocycles. The number of hydrogen-bond acceptors (Lipinski definition) is 5. The predicted octanol–water partition coefficient (Wildman–Crippen LogP) is 3.54. The number of rotatable bonds is 13. The van der Waals surface area contributed by atoms with Gasteiger partial charge in [0.15, 0.2) is 17.5 Å². The largest absolute Gasteiger partial charge is 0.493 e. The molecular weight excluding hydrogens is 485 g/mol. The molecule has 2 N–H and O–H groups in total. The van der Waals surface area contributed by atoms with E-state index in [2.05, 4.69) is 26.4 Å². The SMILES string of the molecule is CCOc1cc(CCCNC(=NC)NCCCCCC(=O)OC)ccc1OC.I. The van der Waals surface area contributed by atoms with E-state index in [0.717, 1.165) is 62.7 Å². The Balaban J connectivity index is 0.00000784. The van der Waals surface area contributed by atoms with E-state index in [-0.39, 0.29) is 29.9 Å². The number of esters is 1. The summed E-state index contributed by atoms with van der Waals surface area (Å²) >= 11 is 0. The molecule has 1 rings (SSSR count). The fourth-order valence-corrected chi connectivity index (χ4v) is 2.74. The van der Waals surface area contributed by atoms with E-state index >= 15 is 0 Å². The molecule has 0 unspecified atom stereocenters. The van der Waals surface area contributed by atoms with Crippen molar-refractivity contribution in [1.29, 1.82) is 0 Å². The van der Waals surface area contributed by atoms with Crippen LogP contribution in [-0.2, 0) is 16.0 Å². The lowest BCUT2D eigenvalue weighted by Gasteiger charge is -2.13. The monoisotopic (exact) mass is 521 g/mol. The van der Waals surface area contributed by atoms with Gasteiger partial charge in [0.1, 0.15) is 0 Å². The maximum atomic E-state index is 11.1. The van der Waals surface area contributed by atoms with Gasteiger partial charge in [0.2, 0.25) is 0 Å². The van der Waals surface area contributed by atoms with E-state index in [9.17, 15) is 4.79 Å². The van der Waals surface area contributed by atoms with Gasteiger partial charge in [-0.25, -0.2) is 0 Å². The van der Waals surface area contributed by atoms with Crippen molar-refractivity contribution >= 4 is 35.9 Å². The molecule has 0 saturated heterocycles. The lowest BCUT2D eigenvalue weighted by Crippen LogP contribution is -2.38. The van der Waals surface area contributed by atoms with Crippen LogP contribution in [-0.4, -0.2) is 52.9 Å². The summed E-state index contributed by atoms with van der Waals surface area (Å²) in [5.74, 6) is 2.22. The second kappa shape index (κ2) is 17.2. The third-order valence-corrected chi connectivity index (χ3v) is 4.26. The highest BCUT2D eigenvalue weighted by atomic mass is 127. The standard InChI is InChI=1S/C21H35N3O4.HI/c1-5-28-19-16-17(12-13-18(19)26-3)10-9-15-24-21(22-2)23-14-8-6-7-11-20(25)27-4;/h12-13,16H,5-11,14-15H2,1-4H3,(H2,22,23,24);1H. The zero-order valence-corrected chi connectivity index (χ0v) is 20.4. The van der Waals surface area contributed by atoms with Gasteiger partial charge in [-0.2, -0.15) is 0 Å². The van der Waals surface area contributed by atoms with E-state index in [1.165, 1.54) is 12.7 Å². The maximum absolute atomic E-state index is 11.1. The molecule has 1 aromatic rings. The second-order valence-corrected chi connectivity index (χ2v) is 6.33. The van der Waals surface area contributed by atoms with Gasteiger partial charge in [0.05, 0.1) is 20.8 Å². The average molecular weight is 521 g/mol. The molecule has 1 aromatic carbocycles. The van der Waals surface area contributed by atoms with Crippen LogP contribution in [0.3, 0.4) is 0 Å². The number of nitrogens with zero attached hydrogens (tertiary/aromatic N) is 1. The summed E-state index contributed by atoms with van der Waals surface area (Å²) in [6.07, 6.45) is 5.24. The molecule has 0 aromatic heterocycles. The molecular formula is C21H36IN3O4. The van der Waals surface area contributed by atoms with Crippen molar-refractivity contribution in [2.75, 3.05) is 41.0 Å². The van der Waals surface area contributed by atoms with Crippen molar-refractivity contribution in [2.45, 2.75) is 45.4 Å². The summed E-state index contributed by atoms with van der Waals surface area (Å²) < 4.78 is 15.6. The Morgan fingerprint density at radius 2 is 1.76 bits per heavy atom. The van der Waals surface area contributed by atoms with Crippen molar-refractivity contribution in [1.82, 2.24) is 10.6 Å². The van der Waals surface area contributed by atoms with Crippen molar-refractivity contribution in [3.63, 3.8) is 0 Å². The highest BCUT2D eigenvalue weighted by Crippen LogP contribution is 2.28. The van der Waals surface area contributed by atoms with Crippen molar-refractivity contribution in [2.24, 2.45) is 4.99 Å². The first kappa shape index (κ1) is 27.3. The number of carbonyl (C=O) groups is 1. The van der Waals surface area contributed by atoms with Gasteiger partial charge >= 0.3 is 5.97 Å². The highest BCUT2D eigenvalue weighted by Gasteiger charge is 2.05. The fraction of sp³-hybridized carbons (Fsp3) is 0.619. The highest BCUT2D eigenvalue weighted by molar-refractivity contribution is 14.0. The van der Waals surface area contributed by atoms with Crippen LogP contribution in [0.1, 0.15) is 44.6 Å². The molecule has 0 saturated carbocycles. The molecule has 0 atom stereocenters. The molecule has 166 valence electrons. The minimum Gasteiger partial charge on any atom is -0.493 e. The second-order valence-electron chi connectivity index (χ2n) is 6.33. The van der Waals surface area contributed by atoms with Gasteiger partial charge in [-0.3, -0.25) is 9.79 Å². The lowest BCUT2D eigenvalue weighted by molar-refractivity contribution is -0.140. The first-order valence-electron chi connectivity index (χ1n) is 9.95. The number of guanidine groups is 1. The molecule has 0 radical (unpaired) electrons. The Morgan fingerprint density at radius 3 is 2.38 bits per heavy atom. The Hall–Kier alpha value is -1.71. The number of ether oxygens (including phenoxy) is 3. The fourth-order valence-electron chi connectivity index (χ4n) is 2.74. The van der Waals surface area contributed by atoms with Crippen LogP contribution >= 0.6 is 24.0 Å². The Bertz CT molecular complexity index is 612. The zero-order valence-electron chi connectivity index (χ0n) is 18.1. The van der Waals surface area contributed by atoms with Gasteiger partial charge in [0, 0.05) is 26.6 Å². The lowest BCUT2D eigenvalue weighted by atomic mass is 10.1. The maximum Gasteiger partial charge on any atom is 0.305 e. The van der Waals surface area contributed by atoms with E-state index in [1.807, 2.05) is 19.1 Å². The van der Waals surface area contributed by atoms with Crippen LogP contribution in [0.4, 0.5) is 0 Å². The van der Waals surface area contributed by atoms with Crippen LogP contribution < -0.4 is 20.1 Å². The number of nitrogens with one attached hydrogen (secondary N) is 2. The van der Waals surface area contributed by atoms with Crippen molar-refractivity contribution in [3.8, 4) is 11.5 Å². The Morgan fingerprint density at radius 1 is 1.03 bits per heavy atom. The summed E-state index contributed by atoms with van der Waals surface area (Å²) in [7, 11) is 4.84. The third-order valence-electron chi connectivity index (χ3n) is 4.26. The first-order valence-corrected chi connectivity index (χ1v) is 9.95. The van der Waals surface area contributed by atoms with Gasteiger partial charge < -0.3 is 24.8 Å². The van der Waals surface area contributed by atoms with Crippen LogP contribution in [0, 0.1) is 0 Å². The quantitative estimate of drug-likeness (QED) is 0.136. The van der Waals surface area contributed by atoms with Gasteiger partial charge in [-0.1, -0.05) is 12.5 Å². The molecule has 0 fully saturated rings. The van der Waals surface area contributed by atoms with Crippen LogP contribution in [0.2, 0.25) is 0 Å². The Kier molecular flexibility index (Phi) is 16.2. The molecule has 7 nitrogen and oxygen atoms in total. The Labute approximate surface area is 192 Å². The summed E-state index contributed by atoms with van der Waals surface area (Å²) in [5.41, 5.74) is 1.22. The number of hydrogen-bond donors (Lipinski definition) is 2. The normalized spacial score (nSPS) is 10.7. The van der Waals surface area contributed by atoms with Gasteiger partial charge in [-0.15, -0.1) is 24.0 Å². The van der Waals surface area contributed by atoms with Crippen LogP contribution in [0.25, 0.3) is 0 Å². The molecule has 0 aliphatic heterocycles. The van der Waals surface area contributed by atoms with Gasteiger partial charge in [0.25, 0.3) is 0 Å². The van der Waals surface area contributed by atoms with E-state index in [4.69, 9.17) is 9.47 Å². The van der Waals surface area contributed by atoms with Crippen LogP contribution in [0.5, 0.6) is 11.5 Å². The molecule has 0 aliphatic rings. The van der Waals surface area contributed by atoms with E-state index in [0.29, 0.717) is 13.0 Å². The van der Waals surface area contributed by atoms with Gasteiger partial charge in [-0.05, 0) is 50.3 Å². The number of unbranched alkanes of at least 4 members (excludes halogenated alkanes) is 2. The average Bonchev–Trinajstić information content (AvgIpc) is 2.72.